The van der Waals surface area contributed by atoms with E-state index >= 15 is 0 Å². The molecule has 8 atom stereocenters. The molecule has 0 saturated heterocycles. The number of hydrogen-bond donors (Lipinski definition) is 0. The number of esters is 1. The summed E-state index contributed by atoms with van der Waals surface area (Å²) >= 11 is 0. The number of rotatable bonds is 6. The lowest BCUT2D eigenvalue weighted by molar-refractivity contribution is -0.188. The molecule has 0 amide bonds. The normalized spacial score (nSPS) is 45.9. The molecular weight excluding hydrogens is 496 g/mol. The fourth-order valence-electron chi connectivity index (χ4n) is 11.0. The van der Waals surface area contributed by atoms with Crippen LogP contribution in [0.25, 0.3) is 0 Å². The summed E-state index contributed by atoms with van der Waals surface area (Å²) in [5.74, 6) is 1.06. The number of ether oxygens (including phenoxy) is 1. The molecule has 0 unspecified atom stereocenters. The monoisotopic (exact) mass is 552 g/mol. The quantitative estimate of drug-likeness (QED) is 0.244. The third-order valence-corrected chi connectivity index (χ3v) is 14.0. The number of hydrogen-bond acceptors (Lipinski definition) is 4. The Hall–Kier alpha value is -1.45. The molecule has 0 aliphatic heterocycles. The lowest BCUT2D eigenvalue weighted by Crippen LogP contribution is -2.66. The van der Waals surface area contributed by atoms with Gasteiger partial charge in [-0.3, -0.25) is 14.4 Å². The van der Waals surface area contributed by atoms with Gasteiger partial charge >= 0.3 is 5.97 Å². The van der Waals surface area contributed by atoms with E-state index in [9.17, 15) is 14.4 Å². The highest BCUT2D eigenvalue weighted by Gasteiger charge is 2.70. The Morgan fingerprint density at radius 3 is 2.30 bits per heavy atom. The molecule has 0 aromatic carbocycles. The predicted octanol–water partition coefficient (Wildman–Crippen LogP) is 8.66. The van der Waals surface area contributed by atoms with Crippen LogP contribution in [0.2, 0.25) is 0 Å². The molecule has 0 bridgehead atoms. The summed E-state index contributed by atoms with van der Waals surface area (Å²) in [5, 5.41) is 0. The van der Waals surface area contributed by atoms with Gasteiger partial charge in [-0.15, -0.1) is 0 Å². The third-order valence-electron chi connectivity index (χ3n) is 14.0. The number of unbranched alkanes of at least 4 members (excludes halogenated alkanes) is 3. The minimum absolute atomic E-state index is 0.0349. The summed E-state index contributed by atoms with van der Waals surface area (Å²) in [6, 6.07) is 0. The molecule has 4 heteroatoms. The van der Waals surface area contributed by atoms with Gasteiger partial charge in [-0.05, 0) is 104 Å². The second-order valence-electron chi connectivity index (χ2n) is 16.6. The Labute approximate surface area is 243 Å². The van der Waals surface area contributed by atoms with Gasteiger partial charge in [0.2, 0.25) is 0 Å². The highest BCUT2D eigenvalue weighted by Crippen LogP contribution is 2.74. The summed E-state index contributed by atoms with van der Waals surface area (Å²) in [6.45, 7) is 18.7. The van der Waals surface area contributed by atoms with Crippen molar-refractivity contribution in [1.82, 2.24) is 0 Å². The molecule has 0 heterocycles. The van der Waals surface area contributed by atoms with Gasteiger partial charge in [0.1, 0.15) is 5.78 Å². The van der Waals surface area contributed by atoms with Crippen molar-refractivity contribution >= 4 is 17.5 Å². The van der Waals surface area contributed by atoms with Crippen molar-refractivity contribution < 1.29 is 19.1 Å². The molecule has 5 rings (SSSR count). The Bertz CT molecular complexity index is 1100. The van der Waals surface area contributed by atoms with Crippen molar-refractivity contribution in [1.29, 1.82) is 0 Å². The van der Waals surface area contributed by atoms with E-state index in [4.69, 9.17) is 4.74 Å². The molecule has 224 valence electrons. The summed E-state index contributed by atoms with van der Waals surface area (Å²) < 4.78 is 5.88. The highest BCUT2D eigenvalue weighted by atomic mass is 16.5. The predicted molar refractivity (Wildman–Crippen MR) is 160 cm³/mol. The first-order valence-corrected chi connectivity index (χ1v) is 16.6. The highest BCUT2D eigenvalue weighted by molar-refractivity contribution is 5.96. The van der Waals surface area contributed by atoms with Gasteiger partial charge < -0.3 is 4.74 Å². The van der Waals surface area contributed by atoms with Crippen molar-refractivity contribution in [2.75, 3.05) is 6.61 Å². The van der Waals surface area contributed by atoms with Gasteiger partial charge in [0.25, 0.3) is 0 Å². The van der Waals surface area contributed by atoms with Gasteiger partial charge in [0.05, 0.1) is 12.0 Å². The standard InChI is InChI=1S/C36H56O4/c1-9-10-11-12-21-40-30(39)33(5)18-17-32(4)19-20-35(7)24(25(32)23-33)22-26(37)29-34(6)15-14-28(38)31(2,3)27(34)13-16-36(29,35)8/h22,25,27,29H,9-21,23H2,1-8H3/t25-,27+,29-,32-,33+,34+,35-,36-/m1/s1. The number of ketones is 2. The molecule has 5 aliphatic rings. The molecule has 5 aliphatic carbocycles. The maximum Gasteiger partial charge on any atom is 0.311 e. The van der Waals surface area contributed by atoms with Crippen LogP contribution in [0.4, 0.5) is 0 Å². The van der Waals surface area contributed by atoms with Crippen LogP contribution in [0, 0.1) is 50.2 Å². The molecule has 0 N–H and O–H groups in total. The summed E-state index contributed by atoms with van der Waals surface area (Å²) in [6.07, 6.45) is 14.8. The first-order valence-electron chi connectivity index (χ1n) is 16.6. The van der Waals surface area contributed by atoms with Crippen LogP contribution >= 0.6 is 0 Å². The van der Waals surface area contributed by atoms with E-state index in [1.165, 1.54) is 18.4 Å². The molecule has 0 radical (unpaired) electrons. The van der Waals surface area contributed by atoms with Gasteiger partial charge in [-0.1, -0.05) is 73.3 Å². The summed E-state index contributed by atoms with van der Waals surface area (Å²) in [5.41, 5.74) is 0.230. The largest absolute Gasteiger partial charge is 0.465 e. The van der Waals surface area contributed by atoms with Crippen molar-refractivity contribution in [3.8, 4) is 0 Å². The number of carbonyl (C=O) groups excluding carboxylic acids is 3. The van der Waals surface area contributed by atoms with Gasteiger partial charge in [0, 0.05) is 17.8 Å². The van der Waals surface area contributed by atoms with Gasteiger partial charge in [-0.2, -0.15) is 0 Å². The van der Waals surface area contributed by atoms with E-state index < -0.39 is 5.41 Å². The zero-order chi connectivity index (χ0) is 29.4. The van der Waals surface area contributed by atoms with Crippen LogP contribution in [0.3, 0.4) is 0 Å². The molecule has 0 aromatic rings. The first kappa shape index (κ1) is 30.0. The van der Waals surface area contributed by atoms with E-state index in [0.29, 0.717) is 24.6 Å². The Kier molecular flexibility index (Phi) is 7.35. The number of carbonyl (C=O) groups is 3. The Morgan fingerprint density at radius 2 is 1.60 bits per heavy atom. The maximum atomic E-state index is 14.4. The summed E-state index contributed by atoms with van der Waals surface area (Å²) in [4.78, 5) is 40.9. The van der Waals surface area contributed by atoms with Crippen LogP contribution < -0.4 is 0 Å². The second-order valence-corrected chi connectivity index (χ2v) is 16.6. The van der Waals surface area contributed by atoms with Crippen molar-refractivity contribution in [2.45, 2.75) is 139 Å². The van der Waals surface area contributed by atoms with E-state index in [2.05, 4.69) is 61.5 Å². The maximum absolute atomic E-state index is 14.4. The molecule has 0 aromatic heterocycles. The lowest BCUT2D eigenvalue weighted by Gasteiger charge is -2.69. The topological polar surface area (TPSA) is 60.4 Å². The van der Waals surface area contributed by atoms with Crippen molar-refractivity contribution in [3.05, 3.63) is 11.6 Å². The molecule has 4 saturated carbocycles. The summed E-state index contributed by atoms with van der Waals surface area (Å²) in [7, 11) is 0. The number of Topliss-reactive ketones (excluding diaryl/α,β-unsaturated/α-hetero) is 1. The van der Waals surface area contributed by atoms with Gasteiger partial charge in [0.15, 0.2) is 5.78 Å². The molecular formula is C36H56O4. The number of fused-ring (bicyclic) bond motifs is 7. The van der Waals surface area contributed by atoms with Crippen LogP contribution in [0.5, 0.6) is 0 Å². The van der Waals surface area contributed by atoms with Crippen LogP contribution in [0.15, 0.2) is 11.6 Å². The van der Waals surface area contributed by atoms with E-state index in [1.54, 1.807) is 0 Å². The fraction of sp³-hybridized carbons (Fsp3) is 0.861. The van der Waals surface area contributed by atoms with Crippen LogP contribution in [-0.2, 0) is 19.1 Å². The zero-order valence-corrected chi connectivity index (χ0v) is 26.8. The SMILES string of the molecule is CCCCCCOC(=O)[C@@]1(C)CC[C@]2(C)CC[C@]3(C)C(=CC(=O)[C@@H]4[C@@]5(C)CCC(=O)C(C)(C)[C@@H]5CC[C@]43C)[C@H]2C1. The third kappa shape index (κ3) is 4.15. The van der Waals surface area contributed by atoms with E-state index in [-0.39, 0.29) is 50.8 Å². The number of allylic oxidation sites excluding steroid dienone is 2. The molecule has 4 nitrogen and oxygen atoms in total. The van der Waals surface area contributed by atoms with Gasteiger partial charge in [-0.25, -0.2) is 0 Å². The molecule has 0 spiro atoms. The van der Waals surface area contributed by atoms with E-state index in [0.717, 1.165) is 64.2 Å². The van der Waals surface area contributed by atoms with Crippen LogP contribution in [0.1, 0.15) is 139 Å². The van der Waals surface area contributed by atoms with Crippen molar-refractivity contribution in [3.63, 3.8) is 0 Å². The minimum Gasteiger partial charge on any atom is -0.465 e. The van der Waals surface area contributed by atoms with Crippen molar-refractivity contribution in [2.24, 2.45) is 50.2 Å². The fourth-order valence-corrected chi connectivity index (χ4v) is 11.0. The molecule has 40 heavy (non-hydrogen) atoms. The average Bonchev–Trinajstić information content (AvgIpc) is 2.88. The van der Waals surface area contributed by atoms with E-state index in [1.807, 2.05) is 0 Å². The smallest absolute Gasteiger partial charge is 0.311 e. The average molecular weight is 553 g/mol. The second kappa shape index (κ2) is 9.80. The minimum atomic E-state index is -0.494. The van der Waals surface area contributed by atoms with Crippen LogP contribution in [-0.4, -0.2) is 24.1 Å². The Morgan fingerprint density at radius 1 is 0.900 bits per heavy atom. The lowest BCUT2D eigenvalue weighted by atomic mass is 9.33. The molecule has 4 fully saturated rings. The first-order chi connectivity index (χ1) is 18.6. The zero-order valence-electron chi connectivity index (χ0n) is 26.8. The Balaban J connectivity index is 1.47.